The van der Waals surface area contributed by atoms with Gasteiger partial charge in [0, 0.05) is 25.7 Å². The first kappa shape index (κ1) is 23.6. The van der Waals surface area contributed by atoms with Crippen molar-refractivity contribution in [2.45, 2.75) is 57.1 Å². The topological polar surface area (TPSA) is 71.0 Å². The normalized spacial score (nSPS) is 19.3. The Balaban J connectivity index is 1.25. The van der Waals surface area contributed by atoms with Gasteiger partial charge in [-0.3, -0.25) is 4.79 Å². The lowest BCUT2D eigenvalue weighted by molar-refractivity contribution is -0.134. The first-order valence-electron chi connectivity index (χ1n) is 12.3. The van der Waals surface area contributed by atoms with Crippen LogP contribution in [0.25, 0.3) is 0 Å². The van der Waals surface area contributed by atoms with Gasteiger partial charge in [-0.05, 0) is 80.3 Å². The number of fused-ring (bicyclic) bond motifs is 1. The molecule has 1 amide bonds. The maximum atomic E-state index is 12.4. The van der Waals surface area contributed by atoms with E-state index < -0.39 is 6.10 Å². The van der Waals surface area contributed by atoms with Crippen molar-refractivity contribution < 1.29 is 19.4 Å². The summed E-state index contributed by atoms with van der Waals surface area (Å²) in [5.74, 6) is 1.61. The van der Waals surface area contributed by atoms with E-state index in [0.717, 1.165) is 63.1 Å². The molecule has 1 fully saturated rings. The second-order valence-corrected chi connectivity index (χ2v) is 9.14. The lowest BCUT2D eigenvalue weighted by atomic mass is 10.0. The Morgan fingerprint density at radius 3 is 2.64 bits per heavy atom. The van der Waals surface area contributed by atoms with Gasteiger partial charge in [0.25, 0.3) is 5.91 Å². The van der Waals surface area contributed by atoms with Crippen molar-refractivity contribution in [3.05, 3.63) is 59.7 Å². The molecule has 2 N–H and O–H groups in total. The molecule has 1 aliphatic carbocycles. The van der Waals surface area contributed by atoms with Gasteiger partial charge in [-0.15, -0.1) is 0 Å². The molecule has 4 rings (SSSR count). The van der Waals surface area contributed by atoms with E-state index in [0.29, 0.717) is 12.6 Å². The van der Waals surface area contributed by atoms with Crippen LogP contribution in [0.4, 0.5) is 0 Å². The van der Waals surface area contributed by atoms with Crippen LogP contribution in [-0.4, -0.2) is 60.9 Å². The largest absolute Gasteiger partial charge is 0.491 e. The number of nitrogens with zero attached hydrogens (tertiary/aromatic N) is 1. The number of nitrogens with one attached hydrogen (secondary N) is 1. The van der Waals surface area contributed by atoms with E-state index in [1.807, 2.05) is 41.3 Å². The zero-order valence-corrected chi connectivity index (χ0v) is 19.4. The predicted octanol–water partition coefficient (Wildman–Crippen LogP) is 3.35. The first-order valence-corrected chi connectivity index (χ1v) is 12.3. The summed E-state index contributed by atoms with van der Waals surface area (Å²) in [6, 6.07) is 16.1. The quantitative estimate of drug-likeness (QED) is 0.571. The van der Waals surface area contributed by atoms with Crippen molar-refractivity contribution in [3.63, 3.8) is 0 Å². The molecule has 0 radical (unpaired) electrons. The minimum absolute atomic E-state index is 0.0795. The van der Waals surface area contributed by atoms with Gasteiger partial charge in [0.15, 0.2) is 6.61 Å². The van der Waals surface area contributed by atoms with Crippen molar-refractivity contribution in [1.82, 2.24) is 10.2 Å². The van der Waals surface area contributed by atoms with Gasteiger partial charge in [-0.2, -0.15) is 0 Å². The molecule has 1 unspecified atom stereocenters. The molecule has 1 aliphatic heterocycles. The van der Waals surface area contributed by atoms with Crippen molar-refractivity contribution in [2.24, 2.45) is 0 Å². The highest BCUT2D eigenvalue weighted by Gasteiger charge is 2.20. The minimum atomic E-state index is -0.566. The molecule has 0 bridgehead atoms. The van der Waals surface area contributed by atoms with Gasteiger partial charge < -0.3 is 24.8 Å². The summed E-state index contributed by atoms with van der Waals surface area (Å²) in [6.07, 6.45) is 6.92. The lowest BCUT2D eigenvalue weighted by Gasteiger charge is -2.26. The Bertz CT molecular complexity index is 883. The van der Waals surface area contributed by atoms with Gasteiger partial charge in [0.2, 0.25) is 0 Å². The minimum Gasteiger partial charge on any atom is -0.491 e. The SMILES string of the molecule is O=C(COc1ccc2c(c1)CC(NC[C@H](O)COc1ccccc1)CCC2)N1CCCCC1. The lowest BCUT2D eigenvalue weighted by Crippen LogP contribution is -2.39. The zero-order valence-electron chi connectivity index (χ0n) is 19.4. The molecule has 1 heterocycles. The average Bonchev–Trinajstić information content (AvgIpc) is 3.07. The van der Waals surface area contributed by atoms with E-state index in [4.69, 9.17) is 9.47 Å². The number of likely N-dealkylation sites (tertiary alicyclic amines) is 1. The number of amides is 1. The second-order valence-electron chi connectivity index (χ2n) is 9.14. The molecule has 0 spiro atoms. The third-order valence-electron chi connectivity index (χ3n) is 6.54. The molecule has 33 heavy (non-hydrogen) atoms. The number of benzene rings is 2. The fourth-order valence-electron chi connectivity index (χ4n) is 4.66. The molecule has 178 valence electrons. The van der Waals surface area contributed by atoms with E-state index in [-0.39, 0.29) is 19.1 Å². The molecule has 2 aromatic rings. The molecule has 6 heteroatoms. The number of ether oxygens (including phenoxy) is 2. The van der Waals surface area contributed by atoms with Crippen molar-refractivity contribution in [2.75, 3.05) is 32.8 Å². The highest BCUT2D eigenvalue weighted by atomic mass is 16.5. The molecular formula is C27H36N2O4. The number of rotatable bonds is 9. The molecular weight excluding hydrogens is 416 g/mol. The van der Waals surface area contributed by atoms with Gasteiger partial charge in [0.05, 0.1) is 0 Å². The Labute approximate surface area is 196 Å². The van der Waals surface area contributed by atoms with Crippen LogP contribution >= 0.6 is 0 Å². The summed E-state index contributed by atoms with van der Waals surface area (Å²) in [4.78, 5) is 14.3. The molecule has 0 aromatic heterocycles. The average molecular weight is 453 g/mol. The number of hydrogen-bond donors (Lipinski definition) is 2. The van der Waals surface area contributed by atoms with Crippen LogP contribution in [0.3, 0.4) is 0 Å². The van der Waals surface area contributed by atoms with Crippen LogP contribution in [0.5, 0.6) is 11.5 Å². The Morgan fingerprint density at radius 1 is 1.00 bits per heavy atom. The number of para-hydroxylation sites is 1. The zero-order chi connectivity index (χ0) is 22.9. The predicted molar refractivity (Wildman–Crippen MR) is 129 cm³/mol. The smallest absolute Gasteiger partial charge is 0.260 e. The van der Waals surface area contributed by atoms with E-state index >= 15 is 0 Å². The first-order chi connectivity index (χ1) is 16.2. The maximum Gasteiger partial charge on any atom is 0.260 e. The molecule has 2 atom stereocenters. The molecule has 2 aromatic carbocycles. The van der Waals surface area contributed by atoms with Crippen LogP contribution in [0.15, 0.2) is 48.5 Å². The summed E-state index contributed by atoms with van der Waals surface area (Å²) in [5, 5.41) is 13.9. The van der Waals surface area contributed by atoms with Crippen LogP contribution in [0.2, 0.25) is 0 Å². The summed E-state index contributed by atoms with van der Waals surface area (Å²) in [7, 11) is 0. The van der Waals surface area contributed by atoms with E-state index in [9.17, 15) is 9.90 Å². The summed E-state index contributed by atoms with van der Waals surface area (Å²) in [6.45, 7) is 2.56. The fourth-order valence-corrected chi connectivity index (χ4v) is 4.66. The molecule has 0 saturated carbocycles. The number of piperidine rings is 1. The van der Waals surface area contributed by atoms with Gasteiger partial charge in [-0.1, -0.05) is 24.3 Å². The van der Waals surface area contributed by atoms with E-state index in [2.05, 4.69) is 17.4 Å². The van der Waals surface area contributed by atoms with Gasteiger partial charge in [-0.25, -0.2) is 0 Å². The number of aliphatic hydroxyl groups excluding tert-OH is 1. The monoisotopic (exact) mass is 452 g/mol. The van der Waals surface area contributed by atoms with Gasteiger partial charge >= 0.3 is 0 Å². The van der Waals surface area contributed by atoms with Crippen LogP contribution in [-0.2, 0) is 17.6 Å². The standard InChI is InChI=1S/C27H36N2O4/c30-24(19-32-25-10-3-1-4-11-25)18-28-23-9-7-8-21-12-13-26(17-22(21)16-23)33-20-27(31)29-14-5-2-6-15-29/h1,3-4,10-13,17,23-24,28,30H,2,5-9,14-16,18-20H2/t23?,24-/m0/s1. The van der Waals surface area contributed by atoms with Crippen molar-refractivity contribution in [1.29, 1.82) is 0 Å². The highest BCUT2D eigenvalue weighted by molar-refractivity contribution is 5.77. The fraction of sp³-hybridized carbons (Fsp3) is 0.519. The van der Waals surface area contributed by atoms with Crippen LogP contribution in [0.1, 0.15) is 43.2 Å². The van der Waals surface area contributed by atoms with Crippen molar-refractivity contribution in [3.8, 4) is 11.5 Å². The summed E-state index contributed by atoms with van der Waals surface area (Å²) in [5.41, 5.74) is 2.62. The van der Waals surface area contributed by atoms with Gasteiger partial charge in [0.1, 0.15) is 24.2 Å². The molecule has 2 aliphatic rings. The number of hydrogen-bond acceptors (Lipinski definition) is 5. The Kier molecular flexibility index (Phi) is 8.61. The molecule has 1 saturated heterocycles. The Morgan fingerprint density at radius 2 is 1.82 bits per heavy atom. The van der Waals surface area contributed by atoms with Crippen LogP contribution < -0.4 is 14.8 Å². The number of aliphatic hydroxyl groups is 1. The summed E-state index contributed by atoms with van der Waals surface area (Å²) < 4.78 is 11.5. The number of carbonyl (C=O) groups excluding carboxylic acids is 1. The Hall–Kier alpha value is -2.57. The van der Waals surface area contributed by atoms with Crippen molar-refractivity contribution >= 4 is 5.91 Å². The maximum absolute atomic E-state index is 12.4. The highest BCUT2D eigenvalue weighted by Crippen LogP contribution is 2.25. The van der Waals surface area contributed by atoms with E-state index in [1.54, 1.807) is 0 Å². The van der Waals surface area contributed by atoms with E-state index in [1.165, 1.54) is 17.5 Å². The number of carbonyl (C=O) groups is 1. The number of aryl methyl sites for hydroxylation is 1. The summed E-state index contributed by atoms with van der Waals surface area (Å²) >= 11 is 0. The molecule has 6 nitrogen and oxygen atoms in total. The second kappa shape index (κ2) is 12.1. The third-order valence-corrected chi connectivity index (χ3v) is 6.54. The van der Waals surface area contributed by atoms with Crippen LogP contribution in [0, 0.1) is 0 Å². The third kappa shape index (κ3) is 7.21.